The van der Waals surface area contributed by atoms with Crippen LogP contribution >= 0.6 is 12.4 Å². The lowest BCUT2D eigenvalue weighted by Gasteiger charge is -2.17. The fourth-order valence-corrected chi connectivity index (χ4v) is 1.63. The van der Waals surface area contributed by atoms with Crippen molar-refractivity contribution in [3.63, 3.8) is 0 Å². The zero-order valence-corrected chi connectivity index (χ0v) is 11.1. The third kappa shape index (κ3) is 5.99. The van der Waals surface area contributed by atoms with Crippen molar-refractivity contribution < 1.29 is 0 Å². The van der Waals surface area contributed by atoms with E-state index in [1.165, 1.54) is 18.7 Å². The van der Waals surface area contributed by atoms with Gasteiger partial charge in [0.05, 0.1) is 0 Å². The first-order chi connectivity index (χ1) is 7.36. The van der Waals surface area contributed by atoms with Crippen molar-refractivity contribution in [1.29, 1.82) is 0 Å². The van der Waals surface area contributed by atoms with Gasteiger partial charge in [0.2, 0.25) is 0 Å². The van der Waals surface area contributed by atoms with Gasteiger partial charge in [0.15, 0.2) is 0 Å². The monoisotopic (exact) mass is 242 g/mol. The van der Waals surface area contributed by atoms with Crippen LogP contribution in [0.2, 0.25) is 0 Å². The molecule has 92 valence electrons. The second-order valence-corrected chi connectivity index (χ2v) is 3.67. The summed E-state index contributed by atoms with van der Waals surface area (Å²) in [7, 11) is 0. The molecule has 0 aliphatic carbocycles. The first kappa shape index (κ1) is 15.3. The minimum absolute atomic E-state index is 0. The highest BCUT2D eigenvalue weighted by molar-refractivity contribution is 5.85. The Bertz CT molecular complexity index is 247. The lowest BCUT2D eigenvalue weighted by molar-refractivity contribution is 0.303. The van der Waals surface area contributed by atoms with E-state index in [4.69, 9.17) is 0 Å². The fourth-order valence-electron chi connectivity index (χ4n) is 1.63. The molecule has 0 atom stereocenters. The van der Waals surface area contributed by atoms with Gasteiger partial charge in [-0.15, -0.1) is 12.4 Å². The van der Waals surface area contributed by atoms with E-state index in [1.54, 1.807) is 0 Å². The molecule has 0 fully saturated rings. The topological polar surface area (TPSA) is 15.3 Å². The second kappa shape index (κ2) is 9.49. The molecule has 0 saturated heterocycles. The van der Waals surface area contributed by atoms with Crippen molar-refractivity contribution in [2.45, 2.75) is 20.3 Å². The maximum atomic E-state index is 3.42. The lowest BCUT2D eigenvalue weighted by Crippen LogP contribution is -2.25. The number of benzene rings is 1. The Labute approximate surface area is 105 Å². The number of rotatable bonds is 7. The highest BCUT2D eigenvalue weighted by atomic mass is 35.5. The number of para-hydroxylation sites is 1. The highest BCUT2D eigenvalue weighted by Crippen LogP contribution is 2.04. The molecule has 2 nitrogen and oxygen atoms in total. The van der Waals surface area contributed by atoms with Gasteiger partial charge in [0.25, 0.3) is 0 Å². The number of nitrogens with zero attached hydrogens (tertiary/aromatic N) is 1. The van der Waals surface area contributed by atoms with E-state index in [9.17, 15) is 0 Å². The molecular formula is C13H23ClN2. The highest BCUT2D eigenvalue weighted by Gasteiger charge is 1.97. The number of anilines is 1. The van der Waals surface area contributed by atoms with Crippen LogP contribution in [0.5, 0.6) is 0 Å². The summed E-state index contributed by atoms with van der Waals surface area (Å²) >= 11 is 0. The van der Waals surface area contributed by atoms with Gasteiger partial charge in [-0.05, 0) is 38.2 Å². The smallest absolute Gasteiger partial charge is 0.0340 e. The third-order valence-corrected chi connectivity index (χ3v) is 2.65. The Morgan fingerprint density at radius 3 is 2.25 bits per heavy atom. The summed E-state index contributed by atoms with van der Waals surface area (Å²) in [5.74, 6) is 0. The summed E-state index contributed by atoms with van der Waals surface area (Å²) in [6.07, 6.45) is 1.20. The van der Waals surface area contributed by atoms with Crippen LogP contribution in [0, 0.1) is 0 Å². The summed E-state index contributed by atoms with van der Waals surface area (Å²) in [4.78, 5) is 2.45. The normalized spacial score (nSPS) is 9.94. The standard InChI is InChI=1S/C13H22N2.ClH/c1-3-15(4-2)12-8-11-14-13-9-6-5-7-10-13;/h5-7,9-10,14H,3-4,8,11-12H2,1-2H3;1H. The van der Waals surface area contributed by atoms with Crippen LogP contribution < -0.4 is 5.32 Å². The van der Waals surface area contributed by atoms with E-state index < -0.39 is 0 Å². The van der Waals surface area contributed by atoms with E-state index in [0.29, 0.717) is 0 Å². The van der Waals surface area contributed by atoms with Gasteiger partial charge in [-0.1, -0.05) is 32.0 Å². The molecule has 0 aliphatic heterocycles. The van der Waals surface area contributed by atoms with Gasteiger partial charge in [-0.25, -0.2) is 0 Å². The van der Waals surface area contributed by atoms with Crippen LogP contribution in [-0.2, 0) is 0 Å². The molecule has 0 heterocycles. The van der Waals surface area contributed by atoms with Crippen LogP contribution in [-0.4, -0.2) is 31.1 Å². The Balaban J connectivity index is 0.00000225. The summed E-state index contributed by atoms with van der Waals surface area (Å²) in [5.41, 5.74) is 1.22. The van der Waals surface area contributed by atoms with Crippen LogP contribution in [0.15, 0.2) is 30.3 Å². The average Bonchev–Trinajstić information content (AvgIpc) is 2.31. The molecule has 0 unspecified atom stereocenters. The molecule has 0 saturated carbocycles. The number of hydrogen-bond acceptors (Lipinski definition) is 2. The second-order valence-electron chi connectivity index (χ2n) is 3.67. The zero-order chi connectivity index (χ0) is 10.9. The largest absolute Gasteiger partial charge is 0.385 e. The Morgan fingerprint density at radius 1 is 1.06 bits per heavy atom. The molecule has 0 radical (unpaired) electrons. The van der Waals surface area contributed by atoms with Gasteiger partial charge in [-0.3, -0.25) is 0 Å². The fraction of sp³-hybridized carbons (Fsp3) is 0.538. The first-order valence-corrected chi connectivity index (χ1v) is 5.88. The van der Waals surface area contributed by atoms with E-state index >= 15 is 0 Å². The number of nitrogens with one attached hydrogen (secondary N) is 1. The van der Waals surface area contributed by atoms with Crippen molar-refractivity contribution in [3.05, 3.63) is 30.3 Å². The van der Waals surface area contributed by atoms with Gasteiger partial charge >= 0.3 is 0 Å². The predicted octanol–water partition coefficient (Wildman–Crippen LogP) is 3.25. The molecule has 0 aromatic heterocycles. The molecule has 0 aliphatic rings. The third-order valence-electron chi connectivity index (χ3n) is 2.65. The molecule has 3 heteroatoms. The minimum atomic E-state index is 0. The van der Waals surface area contributed by atoms with Gasteiger partial charge in [-0.2, -0.15) is 0 Å². The zero-order valence-electron chi connectivity index (χ0n) is 10.3. The predicted molar refractivity (Wildman–Crippen MR) is 74.6 cm³/mol. The van der Waals surface area contributed by atoms with Crippen LogP contribution in [0.4, 0.5) is 5.69 Å². The summed E-state index contributed by atoms with van der Waals surface area (Å²) in [6.45, 7) is 8.99. The van der Waals surface area contributed by atoms with E-state index in [1.807, 2.05) is 6.07 Å². The number of halogens is 1. The quantitative estimate of drug-likeness (QED) is 0.739. The van der Waals surface area contributed by atoms with E-state index in [-0.39, 0.29) is 12.4 Å². The number of hydrogen-bond donors (Lipinski definition) is 1. The average molecular weight is 243 g/mol. The van der Waals surface area contributed by atoms with Crippen molar-refractivity contribution in [1.82, 2.24) is 4.90 Å². The van der Waals surface area contributed by atoms with Crippen molar-refractivity contribution in [2.24, 2.45) is 0 Å². The van der Waals surface area contributed by atoms with E-state index in [2.05, 4.69) is 48.3 Å². The molecule has 1 aromatic rings. The summed E-state index contributed by atoms with van der Waals surface area (Å²) < 4.78 is 0. The summed E-state index contributed by atoms with van der Waals surface area (Å²) in [5, 5.41) is 3.42. The molecule has 1 aromatic carbocycles. The molecule has 1 N–H and O–H groups in total. The van der Waals surface area contributed by atoms with Crippen molar-refractivity contribution in [2.75, 3.05) is 31.5 Å². The molecule has 0 spiro atoms. The van der Waals surface area contributed by atoms with Gasteiger partial charge in [0.1, 0.15) is 0 Å². The molecule has 16 heavy (non-hydrogen) atoms. The minimum Gasteiger partial charge on any atom is -0.385 e. The summed E-state index contributed by atoms with van der Waals surface area (Å²) in [6, 6.07) is 10.4. The van der Waals surface area contributed by atoms with Gasteiger partial charge < -0.3 is 10.2 Å². The molecule has 1 rings (SSSR count). The molecular weight excluding hydrogens is 220 g/mol. The Hall–Kier alpha value is -0.730. The van der Waals surface area contributed by atoms with Crippen molar-refractivity contribution >= 4 is 18.1 Å². The SMILES string of the molecule is CCN(CC)CCCNc1ccccc1.Cl. The van der Waals surface area contributed by atoms with Crippen LogP contribution in [0.25, 0.3) is 0 Å². The van der Waals surface area contributed by atoms with Crippen LogP contribution in [0.3, 0.4) is 0 Å². The Kier molecular flexibility index (Phi) is 9.06. The van der Waals surface area contributed by atoms with Crippen molar-refractivity contribution in [3.8, 4) is 0 Å². The van der Waals surface area contributed by atoms with Gasteiger partial charge in [0, 0.05) is 12.2 Å². The first-order valence-electron chi connectivity index (χ1n) is 5.88. The lowest BCUT2D eigenvalue weighted by atomic mass is 10.3. The van der Waals surface area contributed by atoms with E-state index in [0.717, 1.165) is 19.6 Å². The Morgan fingerprint density at radius 2 is 1.69 bits per heavy atom. The maximum Gasteiger partial charge on any atom is 0.0340 e. The molecule has 0 amide bonds. The van der Waals surface area contributed by atoms with Crippen LogP contribution in [0.1, 0.15) is 20.3 Å². The maximum absolute atomic E-state index is 3.42. The molecule has 0 bridgehead atoms.